The highest BCUT2D eigenvalue weighted by molar-refractivity contribution is 6.65. The summed E-state index contributed by atoms with van der Waals surface area (Å²) in [5.74, 6) is 0. The van der Waals surface area contributed by atoms with Crippen LogP contribution in [0.1, 0.15) is 21.3 Å². The second-order valence-corrected chi connectivity index (χ2v) is 5.25. The molecule has 2 heteroatoms. The maximum atomic E-state index is 9.97. The van der Waals surface area contributed by atoms with Crippen LogP contribution in [-0.2, 0) is 0 Å². The molecule has 0 atom stereocenters. The third kappa shape index (κ3) is 4.84. The molecule has 0 heterocycles. The lowest BCUT2D eigenvalue weighted by atomic mass is 9.63. The lowest BCUT2D eigenvalue weighted by Crippen LogP contribution is -2.26. The van der Waals surface area contributed by atoms with E-state index in [9.17, 15) is 5.02 Å². The van der Waals surface area contributed by atoms with E-state index >= 15 is 0 Å². The summed E-state index contributed by atoms with van der Waals surface area (Å²) in [6, 6.07) is 26.8. The summed E-state index contributed by atoms with van der Waals surface area (Å²) < 4.78 is 0. The summed E-state index contributed by atoms with van der Waals surface area (Å²) in [5, 5.41) is 9.97. The molecule has 3 rings (SSSR count). The molecule has 0 aromatic heterocycles. The molecule has 24 heavy (non-hydrogen) atoms. The van der Waals surface area contributed by atoms with Crippen molar-refractivity contribution in [3.63, 3.8) is 0 Å². The van der Waals surface area contributed by atoms with E-state index in [2.05, 4.69) is 42.5 Å². The van der Waals surface area contributed by atoms with Crippen LogP contribution in [0, 0.1) is 0 Å². The van der Waals surface area contributed by atoms with E-state index in [0.29, 0.717) is 0 Å². The summed E-state index contributed by atoms with van der Waals surface area (Å²) in [6.07, 6.45) is 0. The van der Waals surface area contributed by atoms with Crippen LogP contribution >= 0.6 is 0 Å². The van der Waals surface area contributed by atoms with Crippen molar-refractivity contribution < 1.29 is 5.02 Å². The molecule has 0 aliphatic heterocycles. The molecule has 3 aromatic carbocycles. The Morgan fingerprint density at radius 1 is 0.625 bits per heavy atom. The van der Waals surface area contributed by atoms with Crippen LogP contribution in [0.5, 0.6) is 0 Å². The number of benzene rings is 3. The molecule has 1 N–H and O–H groups in total. The molecule has 1 nitrogen and oxygen atoms in total. The molecule has 0 aliphatic carbocycles. The third-order valence-electron chi connectivity index (χ3n) is 3.65. The topological polar surface area (TPSA) is 20.2 Å². The second-order valence-electron chi connectivity index (χ2n) is 5.25. The van der Waals surface area contributed by atoms with E-state index in [1.54, 1.807) is 6.82 Å². The first-order chi connectivity index (χ1) is 11.2. The molecule has 0 unspecified atom stereocenters. The van der Waals surface area contributed by atoms with Gasteiger partial charge >= 0.3 is 6.92 Å². The fraction of sp³-hybridized carbons (Fsp3) is 0.182. The van der Waals surface area contributed by atoms with Crippen LogP contribution in [0.25, 0.3) is 22.3 Å². The van der Waals surface area contributed by atoms with Crippen molar-refractivity contribution >= 4 is 12.4 Å². The molecule has 124 valence electrons. The Kier molecular flexibility index (Phi) is 8.01. The van der Waals surface area contributed by atoms with Crippen LogP contribution in [0.4, 0.5) is 0 Å². The van der Waals surface area contributed by atoms with Crippen molar-refractivity contribution in [3.05, 3.63) is 78.9 Å². The standard InChI is InChI=1S/C19H17BO.C2H6.CH4/c1-20(21)19-13-17(15-8-4-2-5-9-15)12-18(14-19)16-10-6-3-7-11-16;1-2;/h2-14,21H,1H3;1-2H3;1H4. The Labute approximate surface area is 147 Å². The predicted octanol–water partition coefficient (Wildman–Crippen LogP) is 5.50. The van der Waals surface area contributed by atoms with Gasteiger partial charge in [0, 0.05) is 0 Å². The van der Waals surface area contributed by atoms with Crippen LogP contribution in [0.3, 0.4) is 0 Å². The van der Waals surface area contributed by atoms with Gasteiger partial charge in [-0.05, 0) is 33.8 Å². The van der Waals surface area contributed by atoms with Gasteiger partial charge in [0.05, 0.1) is 0 Å². The lowest BCUT2D eigenvalue weighted by Gasteiger charge is -2.11. The molecule has 0 saturated heterocycles. The summed E-state index contributed by atoms with van der Waals surface area (Å²) in [6.45, 7) is 5.33. The maximum absolute atomic E-state index is 9.97. The van der Waals surface area contributed by atoms with Crippen LogP contribution in [0.15, 0.2) is 78.9 Å². The average Bonchev–Trinajstić information content (AvgIpc) is 2.64. The Bertz CT molecular complexity index is 664. The molecule has 0 spiro atoms. The Balaban J connectivity index is 0.000000925. The minimum Gasteiger partial charge on any atom is -0.447 e. The van der Waals surface area contributed by atoms with Gasteiger partial charge in [-0.25, -0.2) is 0 Å². The van der Waals surface area contributed by atoms with E-state index in [4.69, 9.17) is 0 Å². The van der Waals surface area contributed by atoms with Crippen molar-refractivity contribution in [2.24, 2.45) is 0 Å². The van der Waals surface area contributed by atoms with Gasteiger partial charge in [0.2, 0.25) is 0 Å². The molecule has 3 aromatic rings. The number of hydrogen-bond acceptors (Lipinski definition) is 1. The predicted molar refractivity (Wildman–Crippen MR) is 109 cm³/mol. The Morgan fingerprint density at radius 3 is 1.33 bits per heavy atom. The molecule has 0 saturated carbocycles. The van der Waals surface area contributed by atoms with Gasteiger partial charge in [-0.3, -0.25) is 0 Å². The van der Waals surface area contributed by atoms with Gasteiger partial charge in [-0.2, -0.15) is 0 Å². The normalized spacial score (nSPS) is 9.33. The average molecular weight is 318 g/mol. The zero-order valence-electron chi connectivity index (χ0n) is 14.0. The first kappa shape index (κ1) is 19.7. The van der Waals surface area contributed by atoms with E-state index in [-0.39, 0.29) is 7.43 Å². The molecular weight excluding hydrogens is 291 g/mol. The zero-order chi connectivity index (χ0) is 16.7. The van der Waals surface area contributed by atoms with Crippen molar-refractivity contribution in [1.29, 1.82) is 0 Å². The molecule has 0 radical (unpaired) electrons. The van der Waals surface area contributed by atoms with Crippen LogP contribution < -0.4 is 5.46 Å². The van der Waals surface area contributed by atoms with Gasteiger partial charge in [0.25, 0.3) is 0 Å². The minimum atomic E-state index is -0.476. The first-order valence-electron chi connectivity index (χ1n) is 8.18. The number of hydrogen-bond donors (Lipinski definition) is 1. The third-order valence-corrected chi connectivity index (χ3v) is 3.65. The van der Waals surface area contributed by atoms with E-state index in [0.717, 1.165) is 27.7 Å². The van der Waals surface area contributed by atoms with Gasteiger partial charge in [-0.1, -0.05) is 101 Å². The molecule has 0 amide bonds. The van der Waals surface area contributed by atoms with E-state index < -0.39 is 6.92 Å². The van der Waals surface area contributed by atoms with Crippen LogP contribution in [0.2, 0.25) is 6.82 Å². The van der Waals surface area contributed by atoms with Gasteiger partial charge in [0.15, 0.2) is 0 Å². The smallest absolute Gasteiger partial charge is 0.320 e. The monoisotopic (exact) mass is 318 g/mol. The maximum Gasteiger partial charge on any atom is 0.320 e. The second kappa shape index (κ2) is 9.74. The molecule has 0 aliphatic rings. The van der Waals surface area contributed by atoms with E-state index in [1.165, 1.54) is 0 Å². The molecule has 0 bridgehead atoms. The highest BCUT2D eigenvalue weighted by Crippen LogP contribution is 2.25. The van der Waals surface area contributed by atoms with Crippen molar-refractivity contribution in [2.75, 3.05) is 0 Å². The van der Waals surface area contributed by atoms with Gasteiger partial charge in [0.1, 0.15) is 0 Å². The molecular formula is C22H27BO. The van der Waals surface area contributed by atoms with Crippen LogP contribution in [-0.4, -0.2) is 11.9 Å². The quantitative estimate of drug-likeness (QED) is 0.632. The summed E-state index contributed by atoms with van der Waals surface area (Å²) in [4.78, 5) is 0. The van der Waals surface area contributed by atoms with Crippen molar-refractivity contribution in [3.8, 4) is 22.3 Å². The zero-order valence-corrected chi connectivity index (χ0v) is 14.0. The SMILES string of the molecule is C.CB(O)c1cc(-c2ccccc2)cc(-c2ccccc2)c1.CC. The highest BCUT2D eigenvalue weighted by atomic mass is 16.2. The van der Waals surface area contributed by atoms with Gasteiger partial charge in [-0.15, -0.1) is 0 Å². The number of rotatable bonds is 3. The fourth-order valence-corrected chi connectivity index (χ4v) is 2.49. The van der Waals surface area contributed by atoms with Crippen molar-refractivity contribution in [2.45, 2.75) is 28.1 Å². The minimum absolute atomic E-state index is 0. The van der Waals surface area contributed by atoms with Crippen molar-refractivity contribution in [1.82, 2.24) is 0 Å². The summed E-state index contributed by atoms with van der Waals surface area (Å²) in [5.41, 5.74) is 5.53. The van der Waals surface area contributed by atoms with E-state index in [1.807, 2.05) is 50.2 Å². The Hall–Kier alpha value is -2.32. The Morgan fingerprint density at radius 2 is 1.00 bits per heavy atom. The fourth-order valence-electron chi connectivity index (χ4n) is 2.49. The largest absolute Gasteiger partial charge is 0.447 e. The highest BCUT2D eigenvalue weighted by Gasteiger charge is 2.11. The molecule has 0 fully saturated rings. The summed E-state index contributed by atoms with van der Waals surface area (Å²) in [7, 11) is 0. The summed E-state index contributed by atoms with van der Waals surface area (Å²) >= 11 is 0. The first-order valence-corrected chi connectivity index (χ1v) is 8.18. The lowest BCUT2D eigenvalue weighted by molar-refractivity contribution is 0.594. The van der Waals surface area contributed by atoms with Gasteiger partial charge < -0.3 is 5.02 Å².